The van der Waals surface area contributed by atoms with Gasteiger partial charge in [0.2, 0.25) is 5.91 Å². The van der Waals surface area contributed by atoms with Crippen molar-refractivity contribution in [2.75, 3.05) is 40.3 Å². The van der Waals surface area contributed by atoms with Gasteiger partial charge in [-0.1, -0.05) is 0 Å². The quantitative estimate of drug-likeness (QED) is 0.667. The summed E-state index contributed by atoms with van der Waals surface area (Å²) in [5.74, 6) is -0.596. The van der Waals surface area contributed by atoms with Crippen molar-refractivity contribution in [1.29, 1.82) is 0 Å². The first kappa shape index (κ1) is 18.8. The molecule has 0 aliphatic carbocycles. The van der Waals surface area contributed by atoms with Gasteiger partial charge in [-0.3, -0.25) is 4.79 Å². The first-order valence-electron chi connectivity index (χ1n) is 4.86. The predicted molar refractivity (Wildman–Crippen MR) is 68.6 cm³/mol. The number of rotatable bonds is 2. The van der Waals surface area contributed by atoms with Crippen molar-refractivity contribution in [3.8, 4) is 0 Å². The molecule has 1 fully saturated rings. The molecule has 1 aliphatic rings. The molecule has 1 amide bonds. The number of nitrogens with two attached hydrogens (primary N) is 1. The van der Waals surface area contributed by atoms with E-state index < -0.39 is 6.04 Å². The lowest BCUT2D eigenvalue weighted by Gasteiger charge is -2.38. The molecule has 0 saturated carbocycles. The third-order valence-corrected chi connectivity index (χ3v) is 2.55. The van der Waals surface area contributed by atoms with Gasteiger partial charge >= 0.3 is 5.97 Å². The maximum absolute atomic E-state index is 11.5. The molecule has 0 aromatic carbocycles. The minimum atomic E-state index is -0.523. The van der Waals surface area contributed by atoms with Crippen LogP contribution in [0.3, 0.4) is 0 Å². The van der Waals surface area contributed by atoms with E-state index in [4.69, 9.17) is 5.73 Å². The van der Waals surface area contributed by atoms with Crippen molar-refractivity contribution in [3.63, 3.8) is 0 Å². The summed E-state index contributed by atoms with van der Waals surface area (Å²) in [6.07, 6.45) is 0. The van der Waals surface area contributed by atoms with Gasteiger partial charge < -0.3 is 20.3 Å². The van der Waals surface area contributed by atoms with E-state index in [1.165, 1.54) is 12.0 Å². The molecule has 1 aliphatic heterocycles. The maximum Gasteiger partial charge on any atom is 0.329 e. The SMILES string of the molecule is COC(=O)[C@@H]1CN(C)CCN1C(=O)CN.Cl.Cl. The summed E-state index contributed by atoms with van der Waals surface area (Å²) in [5, 5.41) is 0. The number of amides is 1. The number of hydrogen-bond donors (Lipinski definition) is 1. The van der Waals surface area contributed by atoms with Gasteiger partial charge in [0.15, 0.2) is 0 Å². The molecule has 0 radical (unpaired) electrons. The number of carbonyl (C=O) groups excluding carboxylic acids is 2. The van der Waals surface area contributed by atoms with E-state index in [2.05, 4.69) is 4.74 Å². The van der Waals surface area contributed by atoms with Crippen molar-refractivity contribution in [1.82, 2.24) is 9.80 Å². The smallest absolute Gasteiger partial charge is 0.329 e. The van der Waals surface area contributed by atoms with Crippen LogP contribution in [0.15, 0.2) is 0 Å². The van der Waals surface area contributed by atoms with Gasteiger partial charge in [-0.2, -0.15) is 0 Å². The summed E-state index contributed by atoms with van der Waals surface area (Å²) < 4.78 is 4.66. The highest BCUT2D eigenvalue weighted by Gasteiger charge is 2.34. The zero-order valence-electron chi connectivity index (χ0n) is 9.92. The van der Waals surface area contributed by atoms with E-state index in [0.29, 0.717) is 13.1 Å². The van der Waals surface area contributed by atoms with Crippen LogP contribution in [0, 0.1) is 0 Å². The Morgan fingerprint density at radius 3 is 2.41 bits per heavy atom. The Bertz CT molecular complexity index is 266. The Kier molecular flexibility index (Phi) is 9.42. The molecule has 2 N–H and O–H groups in total. The minimum absolute atomic E-state index is 0. The first-order valence-corrected chi connectivity index (χ1v) is 4.86. The van der Waals surface area contributed by atoms with E-state index in [1.807, 2.05) is 11.9 Å². The third kappa shape index (κ3) is 4.67. The number of methoxy groups -OCH3 is 1. The largest absolute Gasteiger partial charge is 0.467 e. The van der Waals surface area contributed by atoms with E-state index in [0.717, 1.165) is 6.54 Å². The Morgan fingerprint density at radius 1 is 1.35 bits per heavy atom. The number of ether oxygens (including phenoxy) is 1. The summed E-state index contributed by atoms with van der Waals surface area (Å²) in [5.41, 5.74) is 5.28. The van der Waals surface area contributed by atoms with Crippen molar-refractivity contribution in [2.45, 2.75) is 6.04 Å². The molecule has 0 aromatic heterocycles. The van der Waals surface area contributed by atoms with E-state index in [-0.39, 0.29) is 43.2 Å². The van der Waals surface area contributed by atoms with Crippen LogP contribution in [0.4, 0.5) is 0 Å². The molecule has 1 rings (SSSR count). The van der Waals surface area contributed by atoms with Crippen molar-refractivity contribution in [2.24, 2.45) is 5.73 Å². The first-order chi connectivity index (χ1) is 7.10. The van der Waals surface area contributed by atoms with Gasteiger partial charge in [-0.25, -0.2) is 4.79 Å². The van der Waals surface area contributed by atoms with Gasteiger partial charge in [0.25, 0.3) is 0 Å². The summed E-state index contributed by atoms with van der Waals surface area (Å²) in [4.78, 5) is 26.4. The minimum Gasteiger partial charge on any atom is -0.467 e. The van der Waals surface area contributed by atoms with Crippen LogP contribution in [-0.4, -0.2) is 68.1 Å². The lowest BCUT2D eigenvalue weighted by atomic mass is 10.1. The lowest BCUT2D eigenvalue weighted by molar-refractivity contribution is -0.155. The summed E-state index contributed by atoms with van der Waals surface area (Å²) in [6, 6.07) is -0.523. The molecule has 1 heterocycles. The van der Waals surface area contributed by atoms with Crippen molar-refractivity contribution < 1.29 is 14.3 Å². The summed E-state index contributed by atoms with van der Waals surface area (Å²) in [6.45, 7) is 1.70. The fourth-order valence-electron chi connectivity index (χ4n) is 1.67. The summed E-state index contributed by atoms with van der Waals surface area (Å²) in [7, 11) is 3.22. The van der Waals surface area contributed by atoms with Crippen LogP contribution in [0.1, 0.15) is 0 Å². The average molecular weight is 288 g/mol. The fraction of sp³-hybridized carbons (Fsp3) is 0.778. The number of hydrogen-bond acceptors (Lipinski definition) is 5. The van der Waals surface area contributed by atoms with Crippen LogP contribution >= 0.6 is 24.8 Å². The van der Waals surface area contributed by atoms with Crippen molar-refractivity contribution in [3.05, 3.63) is 0 Å². The molecule has 0 aromatic rings. The van der Waals surface area contributed by atoms with Gasteiger partial charge in [-0.15, -0.1) is 24.8 Å². The Balaban J connectivity index is 0. The Labute approximate surface area is 113 Å². The molecule has 0 unspecified atom stereocenters. The monoisotopic (exact) mass is 287 g/mol. The topological polar surface area (TPSA) is 75.9 Å². The maximum atomic E-state index is 11.5. The zero-order valence-corrected chi connectivity index (χ0v) is 11.6. The van der Waals surface area contributed by atoms with Crippen LogP contribution in [-0.2, 0) is 14.3 Å². The molecule has 8 heteroatoms. The second-order valence-electron chi connectivity index (χ2n) is 3.59. The zero-order chi connectivity index (χ0) is 11.4. The molecular weight excluding hydrogens is 269 g/mol. The van der Waals surface area contributed by atoms with Gasteiger partial charge in [0.05, 0.1) is 13.7 Å². The number of nitrogens with zero attached hydrogens (tertiary/aromatic N) is 2. The van der Waals surface area contributed by atoms with Crippen LogP contribution < -0.4 is 5.73 Å². The average Bonchev–Trinajstić information content (AvgIpc) is 2.26. The molecular formula is C9H19Cl2N3O3. The highest BCUT2D eigenvalue weighted by Crippen LogP contribution is 2.09. The van der Waals surface area contributed by atoms with Crippen LogP contribution in [0.25, 0.3) is 0 Å². The second-order valence-corrected chi connectivity index (χ2v) is 3.59. The lowest BCUT2D eigenvalue weighted by Crippen LogP contribution is -2.58. The predicted octanol–water partition coefficient (Wildman–Crippen LogP) is -0.896. The standard InChI is InChI=1S/C9H17N3O3.2ClH/c1-11-3-4-12(8(13)5-10)7(6-11)9(14)15-2;;/h7H,3-6,10H2,1-2H3;2*1H/t7-;;/m0../s1. The molecule has 17 heavy (non-hydrogen) atoms. The summed E-state index contributed by atoms with van der Waals surface area (Å²) >= 11 is 0. The van der Waals surface area contributed by atoms with E-state index in [1.54, 1.807) is 0 Å². The Morgan fingerprint density at radius 2 is 1.94 bits per heavy atom. The number of piperazine rings is 1. The third-order valence-electron chi connectivity index (χ3n) is 2.55. The van der Waals surface area contributed by atoms with Crippen molar-refractivity contribution >= 4 is 36.7 Å². The normalized spacial score (nSPS) is 19.9. The van der Waals surface area contributed by atoms with Gasteiger partial charge in [-0.05, 0) is 7.05 Å². The fourth-order valence-corrected chi connectivity index (χ4v) is 1.67. The molecule has 1 saturated heterocycles. The Hall–Kier alpha value is -0.560. The van der Waals surface area contributed by atoms with Gasteiger partial charge in [0.1, 0.15) is 6.04 Å². The molecule has 0 spiro atoms. The van der Waals surface area contributed by atoms with Gasteiger partial charge in [0, 0.05) is 19.6 Å². The highest BCUT2D eigenvalue weighted by atomic mass is 35.5. The van der Waals surface area contributed by atoms with Crippen LogP contribution in [0.5, 0.6) is 0 Å². The molecule has 0 bridgehead atoms. The molecule has 1 atom stereocenters. The molecule has 6 nitrogen and oxygen atoms in total. The second kappa shape index (κ2) is 8.52. The number of likely N-dealkylation sites (N-methyl/N-ethyl adjacent to an activating group) is 1. The van der Waals surface area contributed by atoms with Crippen LogP contribution in [0.2, 0.25) is 0 Å². The van der Waals surface area contributed by atoms with E-state index >= 15 is 0 Å². The molecule has 102 valence electrons. The number of carbonyl (C=O) groups is 2. The number of halogens is 2. The highest BCUT2D eigenvalue weighted by molar-refractivity contribution is 5.86. The van der Waals surface area contributed by atoms with E-state index in [9.17, 15) is 9.59 Å². The number of esters is 1.